The van der Waals surface area contributed by atoms with Crippen LogP contribution in [0, 0.1) is 0 Å². The summed E-state index contributed by atoms with van der Waals surface area (Å²) in [5, 5.41) is 3.57. The SMILES string of the molecule is COCCCNC(=O)CN1CCN(C(=O)c2ccccc2OCc2ccc(Cl)cc2)CC1. The number of rotatable bonds is 10. The molecule has 8 heteroatoms. The van der Waals surface area contributed by atoms with Crippen LogP contribution in [-0.2, 0) is 16.1 Å². The highest BCUT2D eigenvalue weighted by molar-refractivity contribution is 6.30. The van der Waals surface area contributed by atoms with Gasteiger partial charge in [0.2, 0.25) is 5.91 Å². The Labute approximate surface area is 194 Å². The first-order chi connectivity index (χ1) is 15.6. The van der Waals surface area contributed by atoms with E-state index in [1.807, 2.05) is 47.4 Å². The summed E-state index contributed by atoms with van der Waals surface area (Å²) in [5.74, 6) is 0.507. The molecule has 0 bridgehead atoms. The van der Waals surface area contributed by atoms with E-state index in [1.54, 1.807) is 13.2 Å². The Bertz CT molecular complexity index is 883. The van der Waals surface area contributed by atoms with Crippen molar-refractivity contribution < 1.29 is 19.1 Å². The van der Waals surface area contributed by atoms with Gasteiger partial charge in [0.05, 0.1) is 12.1 Å². The minimum Gasteiger partial charge on any atom is -0.488 e. The fraction of sp³-hybridized carbons (Fsp3) is 0.417. The number of methoxy groups -OCH3 is 1. The number of carbonyl (C=O) groups excluding carboxylic acids is 2. The standard InChI is InChI=1S/C24H30ClN3O4/c1-31-16-4-11-26-23(29)17-27-12-14-28(15-13-27)24(30)21-5-2-3-6-22(21)32-18-19-7-9-20(25)10-8-19/h2-3,5-10H,4,11-18H2,1H3,(H,26,29). The molecule has 1 heterocycles. The normalized spacial score (nSPS) is 14.2. The van der Waals surface area contributed by atoms with E-state index in [0.29, 0.717) is 68.8 Å². The number of halogens is 1. The Morgan fingerprint density at radius 1 is 1.03 bits per heavy atom. The summed E-state index contributed by atoms with van der Waals surface area (Å²) in [5.41, 5.74) is 1.52. The molecule has 1 fully saturated rings. The van der Waals surface area contributed by atoms with Crippen LogP contribution >= 0.6 is 11.6 Å². The molecule has 0 radical (unpaired) electrons. The zero-order valence-corrected chi connectivity index (χ0v) is 19.1. The lowest BCUT2D eigenvalue weighted by molar-refractivity contribution is -0.122. The van der Waals surface area contributed by atoms with E-state index < -0.39 is 0 Å². The van der Waals surface area contributed by atoms with Crippen molar-refractivity contribution in [1.29, 1.82) is 0 Å². The summed E-state index contributed by atoms with van der Waals surface area (Å²) in [7, 11) is 1.65. The van der Waals surface area contributed by atoms with Crippen LogP contribution in [0.5, 0.6) is 5.75 Å². The molecule has 0 unspecified atom stereocenters. The van der Waals surface area contributed by atoms with Crippen LogP contribution in [-0.4, -0.2) is 74.6 Å². The Morgan fingerprint density at radius 3 is 2.47 bits per heavy atom. The average Bonchev–Trinajstić information content (AvgIpc) is 2.82. The van der Waals surface area contributed by atoms with Gasteiger partial charge in [0.15, 0.2) is 0 Å². The summed E-state index contributed by atoms with van der Waals surface area (Å²) >= 11 is 5.93. The highest BCUT2D eigenvalue weighted by Gasteiger charge is 2.25. The summed E-state index contributed by atoms with van der Waals surface area (Å²) in [6, 6.07) is 14.7. The zero-order chi connectivity index (χ0) is 22.8. The lowest BCUT2D eigenvalue weighted by Crippen LogP contribution is -2.51. The molecule has 0 atom stereocenters. The van der Waals surface area contributed by atoms with Crippen LogP contribution in [0.1, 0.15) is 22.3 Å². The number of hydrogen-bond acceptors (Lipinski definition) is 5. The van der Waals surface area contributed by atoms with Crippen LogP contribution in [0.3, 0.4) is 0 Å². The minimum atomic E-state index is -0.0552. The maximum absolute atomic E-state index is 13.1. The Morgan fingerprint density at radius 2 is 1.75 bits per heavy atom. The quantitative estimate of drug-likeness (QED) is 0.553. The lowest BCUT2D eigenvalue weighted by Gasteiger charge is -2.34. The molecule has 172 valence electrons. The molecule has 3 rings (SSSR count). The summed E-state index contributed by atoms with van der Waals surface area (Å²) in [4.78, 5) is 29.1. The maximum Gasteiger partial charge on any atom is 0.257 e. The number of nitrogens with zero attached hydrogens (tertiary/aromatic N) is 2. The van der Waals surface area contributed by atoms with Gasteiger partial charge in [-0.1, -0.05) is 35.9 Å². The molecule has 0 saturated carbocycles. The number of amides is 2. The molecule has 0 spiro atoms. The van der Waals surface area contributed by atoms with Crippen molar-refractivity contribution in [2.75, 3.05) is 53.0 Å². The van der Waals surface area contributed by atoms with Crippen LogP contribution in [0.4, 0.5) is 0 Å². The van der Waals surface area contributed by atoms with Crippen LogP contribution < -0.4 is 10.1 Å². The first-order valence-electron chi connectivity index (χ1n) is 10.8. The minimum absolute atomic E-state index is 0.00169. The highest BCUT2D eigenvalue weighted by Crippen LogP contribution is 2.22. The second-order valence-electron chi connectivity index (χ2n) is 7.68. The third kappa shape index (κ3) is 7.22. The Hall–Kier alpha value is -2.61. The fourth-order valence-electron chi connectivity index (χ4n) is 3.49. The number of ether oxygens (including phenoxy) is 2. The van der Waals surface area contributed by atoms with Crippen molar-refractivity contribution in [3.05, 3.63) is 64.7 Å². The third-order valence-corrected chi connectivity index (χ3v) is 5.55. The molecule has 1 aliphatic heterocycles. The van der Waals surface area contributed by atoms with Gasteiger partial charge >= 0.3 is 0 Å². The zero-order valence-electron chi connectivity index (χ0n) is 18.4. The molecule has 1 aliphatic rings. The lowest BCUT2D eigenvalue weighted by atomic mass is 10.1. The van der Waals surface area contributed by atoms with Gasteiger partial charge in [-0.05, 0) is 36.2 Å². The molecule has 0 aliphatic carbocycles. The Balaban J connectivity index is 1.49. The van der Waals surface area contributed by atoms with Crippen LogP contribution in [0.2, 0.25) is 5.02 Å². The van der Waals surface area contributed by atoms with Crippen LogP contribution in [0.15, 0.2) is 48.5 Å². The van der Waals surface area contributed by atoms with Gasteiger partial charge in [-0.2, -0.15) is 0 Å². The maximum atomic E-state index is 13.1. The predicted molar refractivity (Wildman–Crippen MR) is 124 cm³/mol. The predicted octanol–water partition coefficient (Wildman–Crippen LogP) is 2.83. The first-order valence-corrected chi connectivity index (χ1v) is 11.2. The molecule has 2 aromatic carbocycles. The van der Waals surface area contributed by atoms with Crippen molar-refractivity contribution in [3.8, 4) is 5.75 Å². The largest absolute Gasteiger partial charge is 0.488 e. The van der Waals surface area contributed by atoms with E-state index in [-0.39, 0.29) is 11.8 Å². The van der Waals surface area contributed by atoms with Crippen molar-refractivity contribution >= 4 is 23.4 Å². The first kappa shape index (κ1) is 24.0. The van der Waals surface area contributed by atoms with Crippen LogP contribution in [0.25, 0.3) is 0 Å². The highest BCUT2D eigenvalue weighted by atomic mass is 35.5. The number of para-hydroxylation sites is 1. The van der Waals surface area contributed by atoms with E-state index in [9.17, 15) is 9.59 Å². The van der Waals surface area contributed by atoms with E-state index in [2.05, 4.69) is 10.2 Å². The number of carbonyl (C=O) groups is 2. The number of piperazine rings is 1. The van der Waals surface area contributed by atoms with Gasteiger partial charge in [-0.15, -0.1) is 0 Å². The summed E-state index contributed by atoms with van der Waals surface area (Å²) < 4.78 is 10.9. The van der Waals surface area contributed by atoms with Crippen molar-refractivity contribution in [3.63, 3.8) is 0 Å². The molecule has 0 aromatic heterocycles. The van der Waals surface area contributed by atoms with Gasteiger partial charge < -0.3 is 19.7 Å². The van der Waals surface area contributed by atoms with Gasteiger partial charge in [-0.3, -0.25) is 14.5 Å². The molecular formula is C24H30ClN3O4. The summed E-state index contributed by atoms with van der Waals surface area (Å²) in [6.07, 6.45) is 0.796. The summed E-state index contributed by atoms with van der Waals surface area (Å²) in [6.45, 7) is 4.40. The van der Waals surface area contributed by atoms with Crippen molar-refractivity contribution in [2.24, 2.45) is 0 Å². The fourth-order valence-corrected chi connectivity index (χ4v) is 3.62. The molecule has 1 N–H and O–H groups in total. The van der Waals surface area contributed by atoms with Crippen molar-refractivity contribution in [1.82, 2.24) is 15.1 Å². The van der Waals surface area contributed by atoms with E-state index in [0.717, 1.165) is 12.0 Å². The second kappa shape index (κ2) is 12.4. The number of hydrogen-bond donors (Lipinski definition) is 1. The molecule has 7 nitrogen and oxygen atoms in total. The molecule has 2 aromatic rings. The van der Waals surface area contributed by atoms with Crippen molar-refractivity contribution in [2.45, 2.75) is 13.0 Å². The number of nitrogens with one attached hydrogen (secondary N) is 1. The van der Waals surface area contributed by atoms with E-state index in [1.165, 1.54) is 0 Å². The molecule has 1 saturated heterocycles. The topological polar surface area (TPSA) is 71.1 Å². The van der Waals surface area contributed by atoms with Gasteiger partial charge in [0.1, 0.15) is 12.4 Å². The monoisotopic (exact) mass is 459 g/mol. The second-order valence-corrected chi connectivity index (χ2v) is 8.11. The van der Waals surface area contributed by atoms with Gasteiger partial charge in [-0.25, -0.2) is 0 Å². The Kier molecular flexibility index (Phi) is 9.34. The smallest absolute Gasteiger partial charge is 0.257 e. The number of benzene rings is 2. The van der Waals surface area contributed by atoms with E-state index >= 15 is 0 Å². The third-order valence-electron chi connectivity index (χ3n) is 5.30. The van der Waals surface area contributed by atoms with Gasteiger partial charge in [0, 0.05) is 51.5 Å². The molecular weight excluding hydrogens is 430 g/mol. The van der Waals surface area contributed by atoms with E-state index in [4.69, 9.17) is 21.1 Å². The van der Waals surface area contributed by atoms with Gasteiger partial charge in [0.25, 0.3) is 5.91 Å². The average molecular weight is 460 g/mol. The molecule has 32 heavy (non-hydrogen) atoms. The molecule has 2 amide bonds.